The Morgan fingerprint density at radius 2 is 1.65 bits per heavy atom. The van der Waals surface area contributed by atoms with Crippen molar-refractivity contribution >= 4 is 0 Å². The third-order valence-electron chi connectivity index (χ3n) is 5.21. The van der Waals surface area contributed by atoms with E-state index in [1.165, 1.54) is 57.8 Å². The summed E-state index contributed by atoms with van der Waals surface area (Å²) in [7, 11) is 5.07. The molecule has 1 aliphatic rings. The third kappa shape index (κ3) is 6.94. The molecule has 23 heavy (non-hydrogen) atoms. The van der Waals surface area contributed by atoms with Gasteiger partial charge in [0.05, 0.1) is 0 Å². The number of hydrogen-bond acceptors (Lipinski definition) is 3. The molecule has 1 unspecified atom stereocenters. The van der Waals surface area contributed by atoms with Gasteiger partial charge in [-0.25, -0.2) is 0 Å². The minimum absolute atomic E-state index is 0.284. The summed E-state index contributed by atoms with van der Waals surface area (Å²) in [5, 5.41) is 0. The van der Waals surface area contributed by atoms with Gasteiger partial charge >= 0.3 is 0 Å². The molecular formula is C20H38O3. The van der Waals surface area contributed by atoms with Crippen molar-refractivity contribution in [1.82, 2.24) is 0 Å². The summed E-state index contributed by atoms with van der Waals surface area (Å²) >= 11 is 0. The summed E-state index contributed by atoms with van der Waals surface area (Å²) < 4.78 is 17.0. The van der Waals surface area contributed by atoms with Gasteiger partial charge in [-0.1, -0.05) is 50.7 Å². The highest BCUT2D eigenvalue weighted by Crippen LogP contribution is 2.34. The molecule has 0 amide bonds. The van der Waals surface area contributed by atoms with E-state index >= 15 is 0 Å². The zero-order chi connectivity index (χ0) is 17.0. The average molecular weight is 327 g/mol. The molecule has 0 saturated carbocycles. The highest BCUT2D eigenvalue weighted by atomic mass is 16.9. The first kappa shape index (κ1) is 20.7. The lowest BCUT2D eigenvalue weighted by Gasteiger charge is -2.37. The van der Waals surface area contributed by atoms with Crippen LogP contribution in [0.4, 0.5) is 0 Å². The molecule has 0 radical (unpaired) electrons. The number of unbranched alkanes of at least 4 members (excludes halogenated alkanes) is 4. The normalized spacial score (nSPS) is 17.1. The molecule has 3 nitrogen and oxygen atoms in total. The summed E-state index contributed by atoms with van der Waals surface area (Å²) in [5.74, 6) is -0.605. The van der Waals surface area contributed by atoms with Gasteiger partial charge in [-0.3, -0.25) is 0 Å². The number of hydrogen-bond donors (Lipinski definition) is 0. The molecule has 0 heterocycles. The van der Waals surface area contributed by atoms with Crippen LogP contribution in [0.25, 0.3) is 0 Å². The first-order valence-electron chi connectivity index (χ1n) is 9.55. The maximum Gasteiger partial charge on any atom is 0.285 e. The molecule has 0 N–H and O–H groups in total. The highest BCUT2D eigenvalue weighted by molar-refractivity contribution is 5.05. The van der Waals surface area contributed by atoms with Gasteiger partial charge in [0.25, 0.3) is 5.97 Å². The third-order valence-corrected chi connectivity index (χ3v) is 5.21. The van der Waals surface area contributed by atoms with E-state index in [0.29, 0.717) is 0 Å². The van der Waals surface area contributed by atoms with Gasteiger partial charge < -0.3 is 14.2 Å². The fourth-order valence-corrected chi connectivity index (χ4v) is 3.73. The van der Waals surface area contributed by atoms with E-state index in [0.717, 1.165) is 19.3 Å². The zero-order valence-corrected chi connectivity index (χ0v) is 15.9. The van der Waals surface area contributed by atoms with E-state index in [4.69, 9.17) is 14.2 Å². The fraction of sp³-hybridized carbons (Fsp3) is 0.900. The molecule has 1 aliphatic carbocycles. The van der Waals surface area contributed by atoms with Crippen LogP contribution in [0.1, 0.15) is 84.0 Å². The van der Waals surface area contributed by atoms with Crippen LogP contribution in [0.15, 0.2) is 11.6 Å². The molecule has 0 aliphatic heterocycles. The van der Waals surface area contributed by atoms with E-state index in [1.54, 1.807) is 26.9 Å². The molecule has 1 rings (SSSR count). The van der Waals surface area contributed by atoms with Gasteiger partial charge in [-0.15, -0.1) is 0 Å². The van der Waals surface area contributed by atoms with E-state index in [9.17, 15) is 0 Å². The van der Waals surface area contributed by atoms with Crippen molar-refractivity contribution in [3.05, 3.63) is 11.6 Å². The minimum Gasteiger partial charge on any atom is -0.331 e. The quantitative estimate of drug-likeness (QED) is 0.242. The Balaban J connectivity index is 2.57. The van der Waals surface area contributed by atoms with Crippen molar-refractivity contribution in [2.45, 2.75) is 89.9 Å². The second-order valence-corrected chi connectivity index (χ2v) is 6.76. The topological polar surface area (TPSA) is 27.7 Å². The van der Waals surface area contributed by atoms with E-state index in [1.807, 2.05) is 0 Å². The van der Waals surface area contributed by atoms with Crippen LogP contribution >= 0.6 is 0 Å². The first-order chi connectivity index (χ1) is 11.2. The summed E-state index contributed by atoms with van der Waals surface area (Å²) in [5.41, 5.74) is 1.62. The van der Waals surface area contributed by atoms with Crippen molar-refractivity contribution in [2.24, 2.45) is 5.92 Å². The Morgan fingerprint density at radius 3 is 2.22 bits per heavy atom. The van der Waals surface area contributed by atoms with Gasteiger partial charge in [0.1, 0.15) is 0 Å². The van der Waals surface area contributed by atoms with Crippen LogP contribution < -0.4 is 0 Å². The lowest BCUT2D eigenvalue weighted by Crippen LogP contribution is -2.44. The second kappa shape index (κ2) is 12.0. The van der Waals surface area contributed by atoms with Gasteiger partial charge in [-0.2, -0.15) is 0 Å². The molecule has 0 aromatic rings. The smallest absolute Gasteiger partial charge is 0.285 e. The second-order valence-electron chi connectivity index (χ2n) is 6.76. The monoisotopic (exact) mass is 326 g/mol. The van der Waals surface area contributed by atoms with Gasteiger partial charge in [0, 0.05) is 27.2 Å². The standard InChI is InChI=1S/C20H38O3/c1-5-6-7-8-12-15-19(20(21-2,22-3)23-4)17-16-18-13-10-9-11-14-18/h13,19H,5-12,14-17H2,1-4H3. The van der Waals surface area contributed by atoms with Crippen LogP contribution in [-0.4, -0.2) is 27.3 Å². The van der Waals surface area contributed by atoms with E-state index in [-0.39, 0.29) is 5.92 Å². The lowest BCUT2D eigenvalue weighted by molar-refractivity contribution is -0.380. The van der Waals surface area contributed by atoms with E-state index < -0.39 is 5.97 Å². The highest BCUT2D eigenvalue weighted by Gasteiger charge is 2.39. The Bertz CT molecular complexity index is 313. The Morgan fingerprint density at radius 1 is 0.957 bits per heavy atom. The van der Waals surface area contributed by atoms with Crippen LogP contribution in [0.2, 0.25) is 0 Å². The average Bonchev–Trinajstić information content (AvgIpc) is 2.61. The lowest BCUT2D eigenvalue weighted by atomic mass is 9.88. The van der Waals surface area contributed by atoms with Crippen molar-refractivity contribution in [3.8, 4) is 0 Å². The van der Waals surface area contributed by atoms with Crippen molar-refractivity contribution in [2.75, 3.05) is 21.3 Å². The van der Waals surface area contributed by atoms with Gasteiger partial charge in [-0.05, 0) is 44.9 Å². The summed E-state index contributed by atoms with van der Waals surface area (Å²) in [6.45, 7) is 2.26. The molecule has 0 bridgehead atoms. The largest absolute Gasteiger partial charge is 0.331 e. The molecule has 0 aromatic heterocycles. The van der Waals surface area contributed by atoms with Crippen molar-refractivity contribution in [1.29, 1.82) is 0 Å². The van der Waals surface area contributed by atoms with Crippen molar-refractivity contribution in [3.63, 3.8) is 0 Å². The van der Waals surface area contributed by atoms with Crippen LogP contribution in [0.5, 0.6) is 0 Å². The molecule has 136 valence electrons. The Hall–Kier alpha value is -0.380. The van der Waals surface area contributed by atoms with Crippen LogP contribution in [0.3, 0.4) is 0 Å². The van der Waals surface area contributed by atoms with Gasteiger partial charge in [0.15, 0.2) is 0 Å². The fourth-order valence-electron chi connectivity index (χ4n) is 3.73. The molecule has 0 aromatic carbocycles. The number of allylic oxidation sites excluding steroid dienone is 2. The minimum atomic E-state index is -0.889. The number of rotatable bonds is 13. The number of ether oxygens (including phenoxy) is 3. The molecule has 3 heteroatoms. The van der Waals surface area contributed by atoms with Gasteiger partial charge in [0.2, 0.25) is 0 Å². The number of methoxy groups -OCH3 is 3. The van der Waals surface area contributed by atoms with Crippen LogP contribution in [-0.2, 0) is 14.2 Å². The Kier molecular flexibility index (Phi) is 10.8. The first-order valence-corrected chi connectivity index (χ1v) is 9.55. The van der Waals surface area contributed by atoms with Crippen molar-refractivity contribution < 1.29 is 14.2 Å². The van der Waals surface area contributed by atoms with E-state index in [2.05, 4.69) is 13.0 Å². The molecular weight excluding hydrogens is 288 g/mol. The molecule has 0 fully saturated rings. The maximum atomic E-state index is 5.65. The summed E-state index contributed by atoms with van der Waals surface area (Å²) in [6, 6.07) is 0. The SMILES string of the molecule is CCCCCCCC(CCC1=CCCCC1)C(OC)(OC)OC. The zero-order valence-electron chi connectivity index (χ0n) is 15.9. The predicted octanol–water partition coefficient (Wildman–Crippen LogP) is 5.84. The Labute approximate surface area is 143 Å². The molecule has 0 saturated heterocycles. The molecule has 1 atom stereocenters. The predicted molar refractivity (Wildman–Crippen MR) is 96.4 cm³/mol. The summed E-state index contributed by atoms with van der Waals surface area (Å²) in [6.07, 6.45) is 17.5. The van der Waals surface area contributed by atoms with Crippen LogP contribution in [0, 0.1) is 5.92 Å². The molecule has 0 spiro atoms. The summed E-state index contributed by atoms with van der Waals surface area (Å²) in [4.78, 5) is 0. The maximum absolute atomic E-state index is 5.65.